The van der Waals surface area contributed by atoms with Crippen molar-refractivity contribution in [1.82, 2.24) is 9.38 Å². The predicted octanol–water partition coefficient (Wildman–Crippen LogP) is 4.78. The fraction of sp³-hybridized carbons (Fsp3) is 0.188. The summed E-state index contributed by atoms with van der Waals surface area (Å²) in [7, 11) is 0. The zero-order valence-electron chi connectivity index (χ0n) is 12.7. The van der Waals surface area contributed by atoms with Gasteiger partial charge in [0.1, 0.15) is 5.65 Å². The van der Waals surface area contributed by atoms with E-state index in [1.54, 1.807) is 12.1 Å². The molecular weight excluding hydrogens is 294 g/mol. The molecule has 0 spiro atoms. The Morgan fingerprint density at radius 3 is 2.74 bits per heavy atom. The lowest BCUT2D eigenvalue weighted by Crippen LogP contribution is -1.88. The Bertz CT molecular complexity index is 898. The van der Waals surface area contributed by atoms with Crippen LogP contribution in [0, 0.1) is 10.1 Å². The van der Waals surface area contributed by atoms with Crippen LogP contribution < -0.4 is 0 Å². The quantitative estimate of drug-likeness (QED) is 0.395. The molecule has 0 bridgehead atoms. The van der Waals surface area contributed by atoms with Crippen LogP contribution >= 0.6 is 0 Å². The van der Waals surface area contributed by atoms with Crippen molar-refractivity contribution in [1.29, 1.82) is 0 Å². The number of nitrogens with zero attached hydrogens (tertiary/aromatic N) is 5. The molecule has 0 aliphatic heterocycles. The highest BCUT2D eigenvalue weighted by Crippen LogP contribution is 2.29. The zero-order chi connectivity index (χ0) is 16.4. The third kappa shape index (κ3) is 2.94. The Kier molecular flexibility index (Phi) is 3.84. The number of aromatic nitrogens is 2. The lowest BCUT2D eigenvalue weighted by Gasteiger charge is -2.01. The van der Waals surface area contributed by atoms with Crippen LogP contribution in [-0.4, -0.2) is 14.3 Å². The second kappa shape index (κ2) is 5.96. The number of pyridine rings is 1. The Balaban J connectivity index is 2.05. The van der Waals surface area contributed by atoms with E-state index in [-0.39, 0.29) is 11.6 Å². The molecule has 0 saturated carbocycles. The average Bonchev–Trinajstić information content (AvgIpc) is 2.92. The molecule has 0 N–H and O–H groups in total. The molecule has 0 atom stereocenters. The van der Waals surface area contributed by atoms with Crippen molar-refractivity contribution in [3.05, 3.63) is 64.5 Å². The minimum Gasteiger partial charge on any atom is -0.283 e. The number of imidazole rings is 1. The first kappa shape index (κ1) is 14.8. The van der Waals surface area contributed by atoms with E-state index in [1.165, 1.54) is 12.1 Å². The normalized spacial score (nSPS) is 11.6. The molecule has 3 rings (SSSR count). The van der Waals surface area contributed by atoms with Crippen molar-refractivity contribution in [2.75, 3.05) is 0 Å². The molecule has 0 fully saturated rings. The lowest BCUT2D eigenvalue weighted by molar-refractivity contribution is -0.384. The first-order chi connectivity index (χ1) is 11.1. The highest BCUT2D eigenvalue weighted by molar-refractivity contribution is 5.53. The number of fused-ring (bicyclic) bond motifs is 1. The Morgan fingerprint density at radius 1 is 1.17 bits per heavy atom. The summed E-state index contributed by atoms with van der Waals surface area (Å²) in [4.78, 5) is 14.9. The van der Waals surface area contributed by atoms with Gasteiger partial charge in [0.05, 0.1) is 16.3 Å². The fourth-order valence-electron chi connectivity index (χ4n) is 2.26. The molecule has 3 aromatic rings. The van der Waals surface area contributed by atoms with E-state index < -0.39 is 4.92 Å². The highest BCUT2D eigenvalue weighted by Gasteiger charge is 2.14. The smallest absolute Gasteiger partial charge is 0.271 e. The monoisotopic (exact) mass is 309 g/mol. The van der Waals surface area contributed by atoms with Gasteiger partial charge in [0.15, 0.2) is 5.82 Å². The van der Waals surface area contributed by atoms with Gasteiger partial charge in [0, 0.05) is 18.3 Å². The first-order valence-corrected chi connectivity index (χ1v) is 7.19. The molecular formula is C16H15N5O2. The number of nitro benzene ring substituents is 1. The summed E-state index contributed by atoms with van der Waals surface area (Å²) in [6.45, 7) is 4.07. The molecule has 7 heteroatoms. The van der Waals surface area contributed by atoms with E-state index in [2.05, 4.69) is 15.2 Å². The Morgan fingerprint density at radius 2 is 2.00 bits per heavy atom. The maximum Gasteiger partial charge on any atom is 0.271 e. The summed E-state index contributed by atoms with van der Waals surface area (Å²) < 4.78 is 1.86. The molecule has 2 heterocycles. The number of hydrogen-bond donors (Lipinski definition) is 0. The molecule has 116 valence electrons. The second-order valence-corrected chi connectivity index (χ2v) is 5.38. The predicted molar refractivity (Wildman–Crippen MR) is 86.6 cm³/mol. The van der Waals surface area contributed by atoms with Gasteiger partial charge in [-0.2, -0.15) is 0 Å². The highest BCUT2D eigenvalue weighted by atomic mass is 16.6. The van der Waals surface area contributed by atoms with Gasteiger partial charge in [-0.25, -0.2) is 4.98 Å². The van der Waals surface area contributed by atoms with Gasteiger partial charge in [-0.05, 0) is 24.1 Å². The van der Waals surface area contributed by atoms with Crippen molar-refractivity contribution in [2.45, 2.75) is 19.8 Å². The van der Waals surface area contributed by atoms with Crippen LogP contribution in [0.4, 0.5) is 17.2 Å². The van der Waals surface area contributed by atoms with Gasteiger partial charge in [0.2, 0.25) is 0 Å². The number of rotatable bonds is 4. The van der Waals surface area contributed by atoms with E-state index in [9.17, 15) is 10.1 Å². The molecule has 23 heavy (non-hydrogen) atoms. The van der Waals surface area contributed by atoms with Gasteiger partial charge >= 0.3 is 0 Å². The van der Waals surface area contributed by atoms with Gasteiger partial charge < -0.3 is 0 Å². The first-order valence-electron chi connectivity index (χ1n) is 7.19. The van der Waals surface area contributed by atoms with Crippen LogP contribution in [0.15, 0.2) is 58.9 Å². The summed E-state index contributed by atoms with van der Waals surface area (Å²) >= 11 is 0. The average molecular weight is 309 g/mol. The molecule has 0 aliphatic rings. The topological polar surface area (TPSA) is 85.2 Å². The fourth-order valence-corrected chi connectivity index (χ4v) is 2.26. The van der Waals surface area contributed by atoms with Crippen LogP contribution in [0.5, 0.6) is 0 Å². The number of non-ortho nitro benzene ring substituents is 1. The van der Waals surface area contributed by atoms with Crippen molar-refractivity contribution in [3.8, 4) is 0 Å². The van der Waals surface area contributed by atoms with Gasteiger partial charge in [-0.3, -0.25) is 14.5 Å². The number of benzene rings is 1. The van der Waals surface area contributed by atoms with Crippen LogP contribution in [0.1, 0.15) is 25.5 Å². The van der Waals surface area contributed by atoms with E-state index in [0.29, 0.717) is 11.5 Å². The molecule has 0 unspecified atom stereocenters. The number of nitro groups is 1. The molecule has 0 amide bonds. The minimum absolute atomic E-state index is 0.0105. The Hall–Kier alpha value is -3.09. The van der Waals surface area contributed by atoms with E-state index >= 15 is 0 Å². The van der Waals surface area contributed by atoms with E-state index in [0.717, 1.165) is 11.3 Å². The summed E-state index contributed by atoms with van der Waals surface area (Å²) in [6, 6.07) is 11.8. The minimum atomic E-state index is -0.452. The maximum absolute atomic E-state index is 10.8. The molecule has 7 nitrogen and oxygen atoms in total. The zero-order valence-corrected chi connectivity index (χ0v) is 12.7. The van der Waals surface area contributed by atoms with Crippen LogP contribution in [0.2, 0.25) is 0 Å². The molecule has 0 radical (unpaired) electrons. The summed E-state index contributed by atoms with van der Waals surface area (Å²) in [6.07, 6.45) is 1.87. The standard InChI is InChI=1S/C16H15N5O2/c1-11(2)15-16(20-9-4-3-8-14(20)17-15)19-18-12-6-5-7-13(10-12)21(22)23/h3-11H,1-2H3. The lowest BCUT2D eigenvalue weighted by atomic mass is 10.1. The number of azo groups is 1. The van der Waals surface area contributed by atoms with Gasteiger partial charge in [-0.1, -0.05) is 26.0 Å². The van der Waals surface area contributed by atoms with Gasteiger partial charge in [0.25, 0.3) is 5.69 Å². The van der Waals surface area contributed by atoms with Crippen molar-refractivity contribution in [3.63, 3.8) is 0 Å². The molecule has 1 aromatic carbocycles. The van der Waals surface area contributed by atoms with Crippen molar-refractivity contribution < 1.29 is 4.92 Å². The van der Waals surface area contributed by atoms with Crippen LogP contribution in [0.25, 0.3) is 5.65 Å². The van der Waals surface area contributed by atoms with Crippen molar-refractivity contribution in [2.24, 2.45) is 10.2 Å². The van der Waals surface area contributed by atoms with Crippen LogP contribution in [-0.2, 0) is 0 Å². The summed E-state index contributed by atoms with van der Waals surface area (Å²) in [5, 5.41) is 19.3. The van der Waals surface area contributed by atoms with Crippen molar-refractivity contribution >= 4 is 22.8 Å². The summed E-state index contributed by atoms with van der Waals surface area (Å²) in [5.74, 6) is 0.830. The van der Waals surface area contributed by atoms with E-state index in [4.69, 9.17) is 0 Å². The third-order valence-electron chi connectivity index (χ3n) is 3.38. The van der Waals surface area contributed by atoms with Crippen LogP contribution in [0.3, 0.4) is 0 Å². The number of hydrogen-bond acceptors (Lipinski definition) is 5. The molecule has 0 saturated heterocycles. The SMILES string of the molecule is CC(C)c1nc2ccccn2c1N=Nc1cccc([N+](=O)[O-])c1. The molecule has 2 aromatic heterocycles. The maximum atomic E-state index is 10.8. The molecule has 0 aliphatic carbocycles. The second-order valence-electron chi connectivity index (χ2n) is 5.38. The Labute approximate surface area is 132 Å². The summed E-state index contributed by atoms with van der Waals surface area (Å²) in [5.41, 5.74) is 2.05. The van der Waals surface area contributed by atoms with E-state index in [1.807, 2.05) is 42.6 Å². The largest absolute Gasteiger partial charge is 0.283 e. The van der Waals surface area contributed by atoms with Gasteiger partial charge in [-0.15, -0.1) is 10.2 Å². The third-order valence-corrected chi connectivity index (χ3v) is 3.38.